The lowest BCUT2D eigenvalue weighted by atomic mass is 9.81. The zero-order valence-electron chi connectivity index (χ0n) is 15.2. The van der Waals surface area contributed by atoms with Crippen molar-refractivity contribution in [1.29, 1.82) is 0 Å². The summed E-state index contributed by atoms with van der Waals surface area (Å²) < 4.78 is 0. The smallest absolute Gasteiger partial charge is 0.195 e. The number of hydrogen-bond acceptors (Lipinski definition) is 2. The Balaban J connectivity index is 2.06. The highest BCUT2D eigenvalue weighted by Gasteiger charge is 2.34. The summed E-state index contributed by atoms with van der Waals surface area (Å²) in [6.45, 7) is 4.48. The monoisotopic (exact) mass is 347 g/mol. The molecule has 128 valence electrons. The van der Waals surface area contributed by atoms with Crippen molar-refractivity contribution in [3.8, 4) is 0 Å². The topological polar surface area (TPSA) is 30.0 Å². The van der Waals surface area contributed by atoms with E-state index in [4.69, 9.17) is 4.98 Å². The Hall–Kier alpha value is -3.26. The van der Waals surface area contributed by atoms with E-state index in [1.54, 1.807) is 0 Å². The van der Waals surface area contributed by atoms with Crippen LogP contribution in [0, 0.1) is 0 Å². The standard InChI is InChI=1S/C25H17NO/c1-25(2)18-10-5-8-15-21(18)22-16(9-6-11-19(22)25)24(27)17-13-14-7-3-4-12-20(14)26-23(15)17/h3-13H,1-2H3. The van der Waals surface area contributed by atoms with E-state index in [-0.39, 0.29) is 10.8 Å². The molecule has 0 saturated carbocycles. The van der Waals surface area contributed by atoms with Gasteiger partial charge in [0.15, 0.2) is 5.43 Å². The number of fused-ring (bicyclic) bond motifs is 3. The normalized spacial score (nSPS) is 14.7. The van der Waals surface area contributed by atoms with E-state index in [1.165, 1.54) is 16.5 Å². The van der Waals surface area contributed by atoms with Crippen molar-refractivity contribution in [3.05, 3.63) is 88.1 Å². The SMILES string of the molecule is CC1(C)c2cccc3c(=O)c4cc5ccccc5nc4c4cccc1c4c23. The largest absolute Gasteiger partial charge is 0.289 e. The third-order valence-corrected chi connectivity index (χ3v) is 6.19. The lowest BCUT2D eigenvalue weighted by molar-refractivity contribution is 0.663. The minimum absolute atomic E-state index is 0.0694. The third kappa shape index (κ3) is 1.71. The number of pyridine rings is 1. The Labute approximate surface area is 156 Å². The molecule has 0 bridgehead atoms. The minimum atomic E-state index is -0.120. The summed E-state index contributed by atoms with van der Waals surface area (Å²) in [6, 6.07) is 22.6. The fourth-order valence-electron chi connectivity index (χ4n) is 4.86. The molecule has 0 spiro atoms. The number of rotatable bonds is 0. The first-order valence-corrected chi connectivity index (χ1v) is 9.29. The Morgan fingerprint density at radius 2 is 1.41 bits per heavy atom. The van der Waals surface area contributed by atoms with Gasteiger partial charge in [-0.15, -0.1) is 0 Å². The van der Waals surface area contributed by atoms with Crippen molar-refractivity contribution in [2.24, 2.45) is 0 Å². The van der Waals surface area contributed by atoms with Gasteiger partial charge in [0, 0.05) is 27.0 Å². The lowest BCUT2D eigenvalue weighted by Crippen LogP contribution is -2.15. The molecule has 2 heteroatoms. The van der Waals surface area contributed by atoms with Gasteiger partial charge in [-0.3, -0.25) is 4.79 Å². The molecule has 2 nitrogen and oxygen atoms in total. The summed E-state index contributed by atoms with van der Waals surface area (Å²) in [7, 11) is 0. The molecule has 0 radical (unpaired) electrons. The quantitative estimate of drug-likeness (QED) is 0.360. The molecule has 1 aromatic heterocycles. The van der Waals surface area contributed by atoms with Gasteiger partial charge in [0.05, 0.1) is 11.0 Å². The van der Waals surface area contributed by atoms with Gasteiger partial charge < -0.3 is 0 Å². The molecule has 1 aliphatic rings. The van der Waals surface area contributed by atoms with Gasteiger partial charge in [-0.2, -0.15) is 0 Å². The molecule has 1 aliphatic carbocycles. The average Bonchev–Trinajstić information content (AvgIpc) is 2.88. The van der Waals surface area contributed by atoms with Gasteiger partial charge in [0.25, 0.3) is 0 Å². The van der Waals surface area contributed by atoms with E-state index >= 15 is 0 Å². The van der Waals surface area contributed by atoms with Gasteiger partial charge in [-0.1, -0.05) is 68.4 Å². The van der Waals surface area contributed by atoms with E-state index in [1.807, 2.05) is 42.5 Å². The van der Waals surface area contributed by atoms with E-state index in [0.717, 1.165) is 32.6 Å². The molecule has 0 atom stereocenters. The molecule has 5 aromatic rings. The molecule has 27 heavy (non-hydrogen) atoms. The van der Waals surface area contributed by atoms with Crippen LogP contribution in [-0.4, -0.2) is 4.98 Å². The number of para-hydroxylation sites is 1. The molecule has 0 aliphatic heterocycles. The van der Waals surface area contributed by atoms with Crippen LogP contribution < -0.4 is 5.43 Å². The van der Waals surface area contributed by atoms with Gasteiger partial charge in [0.2, 0.25) is 0 Å². The molecule has 6 rings (SSSR count). The molecule has 0 fully saturated rings. The van der Waals surface area contributed by atoms with Crippen LogP contribution in [0.3, 0.4) is 0 Å². The number of hydrogen-bond donors (Lipinski definition) is 0. The summed E-state index contributed by atoms with van der Waals surface area (Å²) in [5.74, 6) is 0. The van der Waals surface area contributed by atoms with E-state index < -0.39 is 0 Å². The second kappa shape index (κ2) is 4.72. The number of nitrogens with zero attached hydrogens (tertiary/aromatic N) is 1. The van der Waals surface area contributed by atoms with Gasteiger partial charge in [0.1, 0.15) is 0 Å². The zero-order valence-corrected chi connectivity index (χ0v) is 15.2. The zero-order chi connectivity index (χ0) is 18.3. The average molecular weight is 347 g/mol. The molecule has 0 N–H and O–H groups in total. The maximum Gasteiger partial charge on any atom is 0.195 e. The second-order valence-corrected chi connectivity index (χ2v) is 7.99. The van der Waals surface area contributed by atoms with Crippen LogP contribution in [0.2, 0.25) is 0 Å². The van der Waals surface area contributed by atoms with Crippen LogP contribution in [0.15, 0.2) is 71.5 Å². The van der Waals surface area contributed by atoms with E-state index in [0.29, 0.717) is 5.39 Å². The molecule has 1 heterocycles. The van der Waals surface area contributed by atoms with Gasteiger partial charge in [-0.25, -0.2) is 4.98 Å². The van der Waals surface area contributed by atoms with Crippen molar-refractivity contribution in [3.63, 3.8) is 0 Å². The first-order chi connectivity index (χ1) is 13.1. The first-order valence-electron chi connectivity index (χ1n) is 9.29. The first kappa shape index (κ1) is 14.9. The molecule has 4 aromatic carbocycles. The summed E-state index contributed by atoms with van der Waals surface area (Å²) in [5, 5.41) is 5.84. The van der Waals surface area contributed by atoms with Crippen molar-refractivity contribution < 1.29 is 0 Å². The van der Waals surface area contributed by atoms with Crippen molar-refractivity contribution in [1.82, 2.24) is 4.98 Å². The predicted molar refractivity (Wildman–Crippen MR) is 113 cm³/mol. The highest BCUT2D eigenvalue weighted by Crippen LogP contribution is 2.48. The van der Waals surface area contributed by atoms with E-state index in [9.17, 15) is 4.79 Å². The van der Waals surface area contributed by atoms with Crippen LogP contribution in [0.25, 0.3) is 43.4 Å². The number of benzene rings is 3. The second-order valence-electron chi connectivity index (χ2n) is 7.99. The summed E-state index contributed by atoms with van der Waals surface area (Å²) in [4.78, 5) is 18.5. The van der Waals surface area contributed by atoms with Crippen molar-refractivity contribution in [2.75, 3.05) is 0 Å². The highest BCUT2D eigenvalue weighted by atomic mass is 16.1. The summed E-state index contributed by atoms with van der Waals surface area (Å²) in [5.41, 5.74) is 4.18. The lowest BCUT2D eigenvalue weighted by Gasteiger charge is -2.22. The minimum Gasteiger partial charge on any atom is -0.289 e. The summed E-state index contributed by atoms with van der Waals surface area (Å²) >= 11 is 0. The van der Waals surface area contributed by atoms with Gasteiger partial charge in [-0.05, 0) is 34.0 Å². The fraction of sp³-hybridized carbons (Fsp3) is 0.120. The predicted octanol–water partition coefficient (Wildman–Crippen LogP) is 5.69. The third-order valence-electron chi connectivity index (χ3n) is 6.19. The maximum absolute atomic E-state index is 13.6. The van der Waals surface area contributed by atoms with Gasteiger partial charge >= 0.3 is 0 Å². The number of aromatic nitrogens is 1. The summed E-state index contributed by atoms with van der Waals surface area (Å²) in [6.07, 6.45) is 0. The van der Waals surface area contributed by atoms with Crippen LogP contribution in [0.1, 0.15) is 25.0 Å². The van der Waals surface area contributed by atoms with Crippen LogP contribution in [0.4, 0.5) is 0 Å². The van der Waals surface area contributed by atoms with Crippen LogP contribution >= 0.6 is 0 Å². The Morgan fingerprint density at radius 1 is 0.741 bits per heavy atom. The van der Waals surface area contributed by atoms with Crippen LogP contribution in [0.5, 0.6) is 0 Å². The Bertz CT molecular complexity index is 1510. The molecular formula is C25H17NO. The molecule has 0 amide bonds. The van der Waals surface area contributed by atoms with Crippen LogP contribution in [-0.2, 0) is 5.41 Å². The fourth-order valence-corrected chi connectivity index (χ4v) is 4.86. The van der Waals surface area contributed by atoms with Crippen molar-refractivity contribution in [2.45, 2.75) is 19.3 Å². The highest BCUT2D eigenvalue weighted by molar-refractivity contribution is 6.21. The Morgan fingerprint density at radius 3 is 2.19 bits per heavy atom. The Kier molecular flexibility index (Phi) is 2.60. The molecular weight excluding hydrogens is 330 g/mol. The van der Waals surface area contributed by atoms with Crippen molar-refractivity contribution >= 4 is 43.4 Å². The molecule has 0 unspecified atom stereocenters. The molecule has 0 saturated heterocycles. The van der Waals surface area contributed by atoms with E-state index in [2.05, 4.69) is 38.1 Å². The maximum atomic E-state index is 13.6.